The summed E-state index contributed by atoms with van der Waals surface area (Å²) in [5.74, 6) is -0.192. The van der Waals surface area contributed by atoms with Crippen LogP contribution in [0.15, 0.2) is 48.5 Å². The molecule has 2 rings (SSSR count). The number of nitrogens with one attached hydrogen (secondary N) is 3. The van der Waals surface area contributed by atoms with E-state index in [9.17, 15) is 9.59 Å². The Labute approximate surface area is 147 Å². The molecular formula is C19H23N3O3. The summed E-state index contributed by atoms with van der Waals surface area (Å²) < 4.78 is 5.05. The molecule has 0 aliphatic heterocycles. The van der Waals surface area contributed by atoms with Crippen LogP contribution >= 0.6 is 0 Å². The molecule has 0 heterocycles. The van der Waals surface area contributed by atoms with Crippen LogP contribution < -0.4 is 16.0 Å². The summed E-state index contributed by atoms with van der Waals surface area (Å²) in [4.78, 5) is 23.9. The first-order valence-electron chi connectivity index (χ1n) is 8.04. The van der Waals surface area contributed by atoms with Crippen LogP contribution in [0.5, 0.6) is 0 Å². The fourth-order valence-electron chi connectivity index (χ4n) is 2.19. The normalized spacial score (nSPS) is 10.4. The van der Waals surface area contributed by atoms with Crippen LogP contribution in [0, 0.1) is 0 Å². The minimum absolute atomic E-state index is 0.0637. The van der Waals surface area contributed by atoms with Crippen molar-refractivity contribution < 1.29 is 14.3 Å². The van der Waals surface area contributed by atoms with Crippen molar-refractivity contribution in [1.29, 1.82) is 0 Å². The smallest absolute Gasteiger partial charge is 0.319 e. The van der Waals surface area contributed by atoms with Crippen LogP contribution in [0.25, 0.3) is 0 Å². The third-order valence-electron chi connectivity index (χ3n) is 3.35. The van der Waals surface area contributed by atoms with Crippen molar-refractivity contribution in [3.63, 3.8) is 0 Å². The Morgan fingerprint density at radius 1 is 0.920 bits per heavy atom. The van der Waals surface area contributed by atoms with E-state index in [4.69, 9.17) is 4.74 Å². The molecule has 0 spiro atoms. The predicted molar refractivity (Wildman–Crippen MR) is 98.8 cm³/mol. The summed E-state index contributed by atoms with van der Waals surface area (Å²) in [6, 6.07) is 14.0. The highest BCUT2D eigenvalue weighted by Crippen LogP contribution is 2.15. The number of carbonyl (C=O) groups is 2. The second-order valence-electron chi connectivity index (χ2n) is 5.91. The Morgan fingerprint density at radius 3 is 2.00 bits per heavy atom. The molecule has 0 aliphatic carbocycles. The van der Waals surface area contributed by atoms with Crippen molar-refractivity contribution in [3.8, 4) is 0 Å². The zero-order valence-electron chi connectivity index (χ0n) is 14.6. The number of amides is 3. The highest BCUT2D eigenvalue weighted by molar-refractivity contribution is 6.04. The fraction of sp³-hybridized carbons (Fsp3) is 0.263. The van der Waals surface area contributed by atoms with Crippen LogP contribution in [0.3, 0.4) is 0 Å². The predicted octanol–water partition coefficient (Wildman–Crippen LogP) is 3.62. The van der Waals surface area contributed by atoms with Crippen molar-refractivity contribution in [3.05, 3.63) is 59.7 Å². The average Bonchev–Trinajstić information content (AvgIpc) is 2.57. The van der Waals surface area contributed by atoms with Crippen molar-refractivity contribution in [2.24, 2.45) is 0 Å². The van der Waals surface area contributed by atoms with Gasteiger partial charge < -0.3 is 20.7 Å². The third-order valence-corrected chi connectivity index (χ3v) is 3.35. The van der Waals surface area contributed by atoms with Crippen LogP contribution in [0.1, 0.15) is 29.8 Å². The number of benzene rings is 2. The first-order chi connectivity index (χ1) is 12.0. The van der Waals surface area contributed by atoms with Gasteiger partial charge in [-0.15, -0.1) is 0 Å². The Morgan fingerprint density at radius 2 is 1.48 bits per heavy atom. The van der Waals surface area contributed by atoms with Crippen molar-refractivity contribution in [2.75, 3.05) is 17.7 Å². The summed E-state index contributed by atoms with van der Waals surface area (Å²) in [7, 11) is 1.63. The molecule has 0 fully saturated rings. The highest BCUT2D eigenvalue weighted by Gasteiger charge is 2.07. The van der Waals surface area contributed by atoms with Crippen molar-refractivity contribution >= 4 is 23.3 Å². The van der Waals surface area contributed by atoms with E-state index >= 15 is 0 Å². The van der Waals surface area contributed by atoms with Gasteiger partial charge in [-0.05, 0) is 55.8 Å². The van der Waals surface area contributed by atoms with Gasteiger partial charge in [0, 0.05) is 30.1 Å². The molecule has 3 N–H and O–H groups in total. The number of hydrogen-bond donors (Lipinski definition) is 3. The van der Waals surface area contributed by atoms with Crippen LogP contribution in [-0.2, 0) is 11.3 Å². The topological polar surface area (TPSA) is 79.5 Å². The Balaban J connectivity index is 1.93. The van der Waals surface area contributed by atoms with E-state index in [0.717, 1.165) is 5.56 Å². The molecule has 0 unspecified atom stereocenters. The van der Waals surface area contributed by atoms with Gasteiger partial charge in [0.15, 0.2) is 0 Å². The molecule has 0 saturated carbocycles. The molecule has 3 amide bonds. The number of anilines is 2. The minimum atomic E-state index is -0.261. The third kappa shape index (κ3) is 5.93. The Bertz CT molecular complexity index is 710. The van der Waals surface area contributed by atoms with E-state index in [2.05, 4.69) is 16.0 Å². The molecule has 0 radical (unpaired) electrons. The molecule has 25 heavy (non-hydrogen) atoms. The lowest BCUT2D eigenvalue weighted by atomic mass is 10.1. The Hall–Kier alpha value is -2.86. The lowest BCUT2D eigenvalue weighted by Crippen LogP contribution is -2.34. The summed E-state index contributed by atoms with van der Waals surface area (Å²) in [6.45, 7) is 4.29. The second-order valence-corrected chi connectivity index (χ2v) is 5.91. The SMILES string of the molecule is COCc1ccc(C(=O)Nc2ccc(NC(=O)NC(C)C)cc2)cc1. The molecule has 2 aromatic carbocycles. The fourth-order valence-corrected chi connectivity index (χ4v) is 2.19. The number of urea groups is 1. The quantitative estimate of drug-likeness (QED) is 0.751. The molecule has 0 saturated heterocycles. The maximum absolute atomic E-state index is 12.2. The van der Waals surface area contributed by atoms with Gasteiger partial charge >= 0.3 is 6.03 Å². The van der Waals surface area contributed by atoms with E-state index in [-0.39, 0.29) is 18.0 Å². The summed E-state index contributed by atoms with van der Waals surface area (Å²) in [5.41, 5.74) is 2.88. The zero-order valence-corrected chi connectivity index (χ0v) is 14.6. The van der Waals surface area contributed by atoms with Gasteiger partial charge in [-0.2, -0.15) is 0 Å². The van der Waals surface area contributed by atoms with Gasteiger partial charge in [0.05, 0.1) is 6.61 Å². The molecule has 0 atom stereocenters. The standard InChI is InChI=1S/C19H23N3O3/c1-13(2)20-19(24)22-17-10-8-16(9-11-17)21-18(23)15-6-4-14(5-7-15)12-25-3/h4-11,13H,12H2,1-3H3,(H,21,23)(H2,20,22,24). The van der Waals surface area contributed by atoms with Gasteiger partial charge in [-0.1, -0.05) is 12.1 Å². The average molecular weight is 341 g/mol. The first-order valence-corrected chi connectivity index (χ1v) is 8.04. The molecule has 6 heteroatoms. The highest BCUT2D eigenvalue weighted by atomic mass is 16.5. The van der Waals surface area contributed by atoms with Crippen molar-refractivity contribution in [1.82, 2.24) is 5.32 Å². The van der Waals surface area contributed by atoms with E-state index in [1.165, 1.54) is 0 Å². The molecule has 0 bridgehead atoms. The van der Waals surface area contributed by atoms with E-state index < -0.39 is 0 Å². The van der Waals surface area contributed by atoms with Crippen LogP contribution in [0.2, 0.25) is 0 Å². The van der Waals surface area contributed by atoms with Gasteiger partial charge in [-0.3, -0.25) is 4.79 Å². The molecule has 0 aromatic heterocycles. The van der Waals surface area contributed by atoms with E-state index in [0.29, 0.717) is 23.5 Å². The van der Waals surface area contributed by atoms with Gasteiger partial charge in [0.1, 0.15) is 0 Å². The van der Waals surface area contributed by atoms with E-state index in [1.807, 2.05) is 26.0 Å². The molecule has 0 aliphatic rings. The van der Waals surface area contributed by atoms with Crippen LogP contribution in [-0.4, -0.2) is 25.1 Å². The lowest BCUT2D eigenvalue weighted by molar-refractivity contribution is 0.102. The number of ether oxygens (including phenoxy) is 1. The molecule has 6 nitrogen and oxygen atoms in total. The number of rotatable bonds is 6. The Kier molecular flexibility index (Phi) is 6.54. The van der Waals surface area contributed by atoms with Crippen LogP contribution in [0.4, 0.5) is 16.2 Å². The lowest BCUT2D eigenvalue weighted by Gasteiger charge is -2.11. The van der Waals surface area contributed by atoms with Gasteiger partial charge in [-0.25, -0.2) is 4.79 Å². The number of carbonyl (C=O) groups excluding carboxylic acids is 2. The summed E-state index contributed by atoms with van der Waals surface area (Å²) in [6.07, 6.45) is 0. The minimum Gasteiger partial charge on any atom is -0.380 e. The number of methoxy groups -OCH3 is 1. The van der Waals surface area contributed by atoms with Gasteiger partial charge in [0.2, 0.25) is 0 Å². The summed E-state index contributed by atoms with van der Waals surface area (Å²) >= 11 is 0. The largest absolute Gasteiger partial charge is 0.380 e. The maximum atomic E-state index is 12.2. The van der Waals surface area contributed by atoms with Crippen molar-refractivity contribution in [2.45, 2.75) is 26.5 Å². The molecule has 132 valence electrons. The van der Waals surface area contributed by atoms with E-state index in [1.54, 1.807) is 43.5 Å². The monoisotopic (exact) mass is 341 g/mol. The number of hydrogen-bond acceptors (Lipinski definition) is 3. The molecule has 2 aromatic rings. The summed E-state index contributed by atoms with van der Waals surface area (Å²) in [5, 5.41) is 8.30. The van der Waals surface area contributed by atoms with Gasteiger partial charge in [0.25, 0.3) is 5.91 Å². The molecular weight excluding hydrogens is 318 g/mol. The first kappa shape index (κ1) is 18.5. The zero-order chi connectivity index (χ0) is 18.2. The second kappa shape index (κ2) is 8.84. The maximum Gasteiger partial charge on any atom is 0.319 e.